The number of aliphatic hydroxyl groups is 4. The van der Waals surface area contributed by atoms with Gasteiger partial charge in [-0.1, -0.05) is 24.3 Å². The molecule has 288 valence electrons. The molecule has 3 amide bonds. The normalized spacial score (nSPS) is 22.9. The average Bonchev–Trinajstić information content (AvgIpc) is 3.14. The number of amides is 3. The van der Waals surface area contributed by atoms with E-state index >= 15 is 0 Å². The minimum atomic E-state index is -2.52. The molecule has 2 aliphatic heterocycles. The van der Waals surface area contributed by atoms with Gasteiger partial charge in [0.15, 0.2) is 0 Å². The van der Waals surface area contributed by atoms with Gasteiger partial charge in [-0.25, -0.2) is 4.79 Å². The number of benzene rings is 2. The van der Waals surface area contributed by atoms with Crippen LogP contribution in [0.5, 0.6) is 5.75 Å². The number of ether oxygens (including phenoxy) is 3. The van der Waals surface area contributed by atoms with Crippen molar-refractivity contribution in [3.8, 4) is 18.1 Å². The van der Waals surface area contributed by atoms with Crippen LogP contribution in [-0.2, 0) is 41.7 Å². The number of terminal acetylenes is 1. The second kappa shape index (κ2) is 19.4. The third kappa shape index (κ3) is 11.6. The van der Waals surface area contributed by atoms with Crippen LogP contribution in [0.15, 0.2) is 48.5 Å². The van der Waals surface area contributed by atoms with Crippen LogP contribution < -0.4 is 25.6 Å². The highest BCUT2D eigenvalue weighted by Crippen LogP contribution is 2.34. The fourth-order valence-electron chi connectivity index (χ4n) is 6.26. The molecule has 16 heteroatoms. The van der Waals surface area contributed by atoms with E-state index in [9.17, 15) is 44.7 Å². The van der Waals surface area contributed by atoms with Gasteiger partial charge in [0.2, 0.25) is 17.7 Å². The molecule has 8 N–H and O–H groups in total. The van der Waals surface area contributed by atoms with Gasteiger partial charge >= 0.3 is 5.97 Å². The summed E-state index contributed by atoms with van der Waals surface area (Å²) >= 11 is 0. The number of hydrogen-bond acceptors (Lipinski definition) is 12. The summed E-state index contributed by atoms with van der Waals surface area (Å²) in [7, 11) is 0. The van der Waals surface area contributed by atoms with Gasteiger partial charge < -0.3 is 60.6 Å². The van der Waals surface area contributed by atoms with Crippen LogP contribution >= 0.6 is 0 Å². The smallest absolute Gasteiger partial charge is 0.364 e. The molecule has 2 fully saturated rings. The van der Waals surface area contributed by atoms with Crippen LogP contribution in [0.3, 0.4) is 0 Å². The third-order valence-corrected chi connectivity index (χ3v) is 9.09. The summed E-state index contributed by atoms with van der Waals surface area (Å²) < 4.78 is 17.0. The van der Waals surface area contributed by atoms with E-state index in [2.05, 4.69) is 26.8 Å². The quantitative estimate of drug-likeness (QED) is 0.0734. The number of anilines is 1. The first kappa shape index (κ1) is 41.0. The molecule has 2 aromatic rings. The summed E-state index contributed by atoms with van der Waals surface area (Å²) in [5, 5.41) is 60.4. The number of carboxylic acid groups (broad SMARTS) is 1. The third-order valence-electron chi connectivity index (χ3n) is 9.09. The Morgan fingerprint density at radius 2 is 1.68 bits per heavy atom. The molecule has 4 rings (SSSR count). The zero-order valence-electron chi connectivity index (χ0n) is 29.5. The number of nitrogens with one attached hydrogen (secondary N) is 3. The van der Waals surface area contributed by atoms with E-state index in [0.717, 1.165) is 31.6 Å². The van der Waals surface area contributed by atoms with Crippen molar-refractivity contribution in [1.82, 2.24) is 16.0 Å². The van der Waals surface area contributed by atoms with Crippen LogP contribution in [0.4, 0.5) is 5.69 Å². The summed E-state index contributed by atoms with van der Waals surface area (Å²) in [6.07, 6.45) is -0.580. The van der Waals surface area contributed by atoms with Gasteiger partial charge in [0.1, 0.15) is 24.6 Å². The Bertz CT molecular complexity index is 1580. The highest BCUT2D eigenvalue weighted by molar-refractivity contribution is 5.79. The SMILES string of the molecule is C#CCCOc1ccc(CO[C@]2(C(=O)O)C[C@H](O)[C@@H](NC(=O)CO)[C@H]([C@H](O)[C@H](O)CNC(=O)Cc3ccc(N4CCC(NC(C)=O)CC4)cc3)O2)cc1. The van der Waals surface area contributed by atoms with Crippen LogP contribution in [0.25, 0.3) is 0 Å². The molecule has 0 bridgehead atoms. The standard InChI is InChI=1S/C37H48N4O12/c1-3-4-17-51-28-11-7-25(8-12-28)22-52-37(36(49)50)19-29(44)33(40-32(47)21-42)35(53-37)34(48)30(45)20-38-31(46)18-24-5-9-27(10-6-24)41-15-13-26(14-16-41)39-23(2)43/h1,5-12,26,29-30,33-35,42,44-45,48H,4,13-22H2,2H3,(H,38,46)(H,39,43)(H,40,47)(H,49,50)/t29-,30+,33+,34+,35+,37+/m0/s1. The number of carbonyl (C=O) groups is 4. The van der Waals surface area contributed by atoms with E-state index in [-0.39, 0.29) is 25.0 Å². The van der Waals surface area contributed by atoms with E-state index in [1.165, 1.54) is 6.92 Å². The fraction of sp³-hybridized carbons (Fsp3) is 0.514. The van der Waals surface area contributed by atoms with Crippen LogP contribution in [0, 0.1) is 12.3 Å². The molecule has 0 spiro atoms. The summed E-state index contributed by atoms with van der Waals surface area (Å²) in [4.78, 5) is 51.0. The molecular formula is C37H48N4O12. The van der Waals surface area contributed by atoms with Gasteiger partial charge in [-0.2, -0.15) is 0 Å². The molecule has 2 aliphatic rings. The van der Waals surface area contributed by atoms with E-state index < -0.39 is 73.6 Å². The first-order valence-corrected chi connectivity index (χ1v) is 17.4. The Hall–Kier alpha value is -4.76. The minimum Gasteiger partial charge on any atom is -0.493 e. The van der Waals surface area contributed by atoms with Gasteiger partial charge in [-0.3, -0.25) is 14.4 Å². The van der Waals surface area contributed by atoms with Crippen molar-refractivity contribution in [2.24, 2.45) is 0 Å². The van der Waals surface area contributed by atoms with Gasteiger partial charge in [-0.05, 0) is 48.2 Å². The zero-order valence-corrected chi connectivity index (χ0v) is 29.5. The number of rotatable bonds is 17. The Labute approximate surface area is 307 Å². The second-order valence-corrected chi connectivity index (χ2v) is 13.1. The van der Waals surface area contributed by atoms with Gasteiger partial charge in [0.05, 0.1) is 37.9 Å². The lowest BCUT2D eigenvalue weighted by Crippen LogP contribution is -2.68. The van der Waals surface area contributed by atoms with E-state index in [4.69, 9.17) is 20.6 Å². The Kier molecular flexibility index (Phi) is 15.0. The minimum absolute atomic E-state index is 0.0461. The van der Waals surface area contributed by atoms with Gasteiger partial charge in [-0.15, -0.1) is 12.3 Å². The Morgan fingerprint density at radius 1 is 1.02 bits per heavy atom. The lowest BCUT2D eigenvalue weighted by atomic mass is 9.88. The number of nitrogens with zero attached hydrogens (tertiary/aromatic N) is 1. The predicted molar refractivity (Wildman–Crippen MR) is 189 cm³/mol. The van der Waals surface area contributed by atoms with Crippen molar-refractivity contribution in [1.29, 1.82) is 0 Å². The highest BCUT2D eigenvalue weighted by atomic mass is 16.7. The molecule has 0 aromatic heterocycles. The van der Waals surface area contributed by atoms with Crippen molar-refractivity contribution in [3.05, 3.63) is 59.7 Å². The van der Waals surface area contributed by atoms with Gasteiger partial charge in [0, 0.05) is 51.1 Å². The largest absolute Gasteiger partial charge is 0.493 e. The molecule has 0 aliphatic carbocycles. The molecule has 0 radical (unpaired) electrons. The molecule has 0 unspecified atom stereocenters. The summed E-state index contributed by atoms with van der Waals surface area (Å²) in [5.74, 6) is -2.66. The van der Waals surface area contributed by atoms with Crippen molar-refractivity contribution in [2.45, 2.75) is 87.9 Å². The molecule has 6 atom stereocenters. The maximum absolute atomic E-state index is 12.8. The summed E-state index contributed by atoms with van der Waals surface area (Å²) in [5.41, 5.74) is 2.18. The molecular weight excluding hydrogens is 692 g/mol. The highest BCUT2D eigenvalue weighted by Gasteiger charge is 2.56. The predicted octanol–water partition coefficient (Wildman–Crippen LogP) is -0.801. The lowest BCUT2D eigenvalue weighted by Gasteiger charge is -2.46. The van der Waals surface area contributed by atoms with Crippen molar-refractivity contribution >= 4 is 29.4 Å². The molecule has 2 aromatic carbocycles. The van der Waals surface area contributed by atoms with Crippen LogP contribution in [-0.4, -0.2) is 124 Å². The maximum Gasteiger partial charge on any atom is 0.364 e. The van der Waals surface area contributed by atoms with Crippen molar-refractivity contribution in [3.63, 3.8) is 0 Å². The second-order valence-electron chi connectivity index (χ2n) is 13.1. The fourth-order valence-corrected chi connectivity index (χ4v) is 6.26. The lowest BCUT2D eigenvalue weighted by molar-refractivity contribution is -0.314. The first-order valence-electron chi connectivity index (χ1n) is 17.4. The molecule has 2 saturated heterocycles. The molecule has 16 nitrogen and oxygen atoms in total. The van der Waals surface area contributed by atoms with Crippen molar-refractivity contribution < 1.29 is 58.9 Å². The number of aliphatic carboxylic acids is 1. The van der Waals surface area contributed by atoms with E-state index in [0.29, 0.717) is 29.9 Å². The molecule has 2 heterocycles. The van der Waals surface area contributed by atoms with Crippen molar-refractivity contribution in [2.75, 3.05) is 37.7 Å². The topological polar surface area (TPSA) is 236 Å². The van der Waals surface area contributed by atoms with E-state index in [1.807, 2.05) is 12.1 Å². The van der Waals surface area contributed by atoms with Crippen LogP contribution in [0.1, 0.15) is 43.7 Å². The van der Waals surface area contributed by atoms with Crippen LogP contribution in [0.2, 0.25) is 0 Å². The summed E-state index contributed by atoms with van der Waals surface area (Å²) in [6.45, 7) is 1.58. The number of piperidine rings is 1. The molecule has 0 saturated carbocycles. The number of carbonyl (C=O) groups excluding carboxylic acids is 3. The maximum atomic E-state index is 12.8. The number of carboxylic acids is 1. The number of aliphatic hydroxyl groups excluding tert-OH is 4. The summed E-state index contributed by atoms with van der Waals surface area (Å²) in [6, 6.07) is 12.6. The van der Waals surface area contributed by atoms with E-state index in [1.54, 1.807) is 36.4 Å². The number of hydrogen-bond donors (Lipinski definition) is 8. The average molecular weight is 741 g/mol. The molecule has 53 heavy (non-hydrogen) atoms. The zero-order chi connectivity index (χ0) is 38.5. The Balaban J connectivity index is 1.36. The Morgan fingerprint density at radius 3 is 2.28 bits per heavy atom. The monoisotopic (exact) mass is 740 g/mol. The van der Waals surface area contributed by atoms with Gasteiger partial charge in [0.25, 0.3) is 5.79 Å². The first-order chi connectivity index (χ1) is 25.3.